The van der Waals surface area contributed by atoms with Gasteiger partial charge in [0, 0.05) is 5.92 Å². The lowest BCUT2D eigenvalue weighted by Crippen LogP contribution is -2.34. The first kappa shape index (κ1) is 25.4. The zero-order valence-electron chi connectivity index (χ0n) is 18.8. The van der Waals surface area contributed by atoms with Crippen LogP contribution in [0.1, 0.15) is 19.4 Å². The lowest BCUT2D eigenvalue weighted by atomic mass is 10.1. The lowest BCUT2D eigenvalue weighted by Gasteiger charge is -2.24. The van der Waals surface area contributed by atoms with Crippen LogP contribution < -0.4 is 15.3 Å². The number of halogens is 2. The third kappa shape index (κ3) is 5.76. The van der Waals surface area contributed by atoms with E-state index in [1.165, 1.54) is 14.0 Å². The zero-order valence-corrected chi connectivity index (χ0v) is 21.2. The second-order valence-electron chi connectivity index (χ2n) is 7.83. The first-order valence-corrected chi connectivity index (χ1v) is 12.9. The zero-order chi connectivity index (χ0) is 25.2. The van der Waals surface area contributed by atoms with E-state index in [0.29, 0.717) is 17.6 Å². The number of benzene rings is 1. The second kappa shape index (κ2) is 10.5. The van der Waals surface area contributed by atoms with Gasteiger partial charge in [-0.05, 0) is 25.5 Å². The van der Waals surface area contributed by atoms with Crippen molar-refractivity contribution in [2.75, 3.05) is 19.5 Å². The van der Waals surface area contributed by atoms with E-state index in [9.17, 15) is 9.36 Å². The molecule has 3 aromatic rings. The highest BCUT2D eigenvalue weighted by molar-refractivity contribution is 7.52. The van der Waals surface area contributed by atoms with Gasteiger partial charge < -0.3 is 19.6 Å². The van der Waals surface area contributed by atoms with Crippen LogP contribution in [0.3, 0.4) is 0 Å². The molecule has 1 unspecified atom stereocenters. The molecule has 1 aliphatic rings. The standard InChI is InChI=1S/C21H23Cl2N6O5P/c1-12(20(30)32-2)28-35(31,34-16-6-4-3-5-15(16)22)33-10-13-7-8-14(9-13)29-11-25-17-18(23)26-21(24)27-19(17)29/h3-8,11-14H,9-10H2,1-2H3,(H,28,31)(H2,24,26,27)/t12-,13+,14-,35?/m0/s1. The summed E-state index contributed by atoms with van der Waals surface area (Å²) in [6.07, 6.45) is 6.12. The smallest absolute Gasteiger partial charge is 0.459 e. The van der Waals surface area contributed by atoms with Gasteiger partial charge in [0.2, 0.25) is 5.95 Å². The van der Waals surface area contributed by atoms with Crippen LogP contribution in [-0.2, 0) is 18.6 Å². The van der Waals surface area contributed by atoms with Crippen LogP contribution in [0.2, 0.25) is 10.2 Å². The van der Waals surface area contributed by atoms with Crippen LogP contribution in [0.15, 0.2) is 42.7 Å². The molecule has 4 rings (SSSR count). The molecule has 0 aliphatic heterocycles. The molecule has 35 heavy (non-hydrogen) atoms. The predicted molar refractivity (Wildman–Crippen MR) is 131 cm³/mol. The fourth-order valence-corrected chi connectivity index (χ4v) is 5.64. The number of esters is 1. The van der Waals surface area contributed by atoms with Crippen molar-refractivity contribution in [3.05, 3.63) is 52.9 Å². The molecule has 1 aliphatic carbocycles. The van der Waals surface area contributed by atoms with Crippen LogP contribution in [0.25, 0.3) is 11.2 Å². The van der Waals surface area contributed by atoms with Crippen molar-refractivity contribution < 1.29 is 23.1 Å². The molecule has 4 atom stereocenters. The number of allylic oxidation sites excluding steroid dienone is 1. The molecule has 0 bridgehead atoms. The van der Waals surface area contributed by atoms with Gasteiger partial charge in [-0.1, -0.05) is 47.5 Å². The van der Waals surface area contributed by atoms with Gasteiger partial charge in [0.05, 0.1) is 31.1 Å². The van der Waals surface area contributed by atoms with E-state index in [2.05, 4.69) is 20.0 Å². The number of nitrogens with two attached hydrogens (primary N) is 1. The number of methoxy groups -OCH3 is 1. The third-order valence-electron chi connectivity index (χ3n) is 5.32. The van der Waals surface area contributed by atoms with Gasteiger partial charge in [-0.25, -0.2) is 9.55 Å². The van der Waals surface area contributed by atoms with E-state index in [4.69, 9.17) is 42.7 Å². The Morgan fingerprint density at radius 3 is 2.83 bits per heavy atom. The fourth-order valence-electron chi connectivity index (χ4n) is 3.62. The first-order chi connectivity index (χ1) is 16.7. The summed E-state index contributed by atoms with van der Waals surface area (Å²) in [4.78, 5) is 24.4. The number of aromatic nitrogens is 4. The minimum absolute atomic E-state index is 0.0418. The Kier molecular flexibility index (Phi) is 7.63. The molecule has 0 spiro atoms. The molecule has 0 saturated carbocycles. The van der Waals surface area contributed by atoms with Crippen LogP contribution in [0, 0.1) is 5.92 Å². The van der Waals surface area contributed by atoms with Crippen molar-refractivity contribution in [2.45, 2.75) is 25.4 Å². The maximum Gasteiger partial charge on any atom is 0.459 e. The Hall–Kier alpha value is -2.69. The van der Waals surface area contributed by atoms with E-state index in [-0.39, 0.29) is 40.4 Å². The quantitative estimate of drug-likeness (QED) is 0.175. The number of rotatable bonds is 9. The summed E-state index contributed by atoms with van der Waals surface area (Å²) in [5.41, 5.74) is 6.70. The van der Waals surface area contributed by atoms with E-state index in [1.807, 2.05) is 16.7 Å². The van der Waals surface area contributed by atoms with Crippen molar-refractivity contribution in [3.8, 4) is 5.75 Å². The highest BCUT2D eigenvalue weighted by atomic mass is 35.5. The topological polar surface area (TPSA) is 143 Å². The Morgan fingerprint density at radius 1 is 1.31 bits per heavy atom. The van der Waals surface area contributed by atoms with Gasteiger partial charge in [0.15, 0.2) is 10.8 Å². The van der Waals surface area contributed by atoms with Crippen molar-refractivity contribution in [1.29, 1.82) is 0 Å². The predicted octanol–water partition coefficient (Wildman–Crippen LogP) is 4.19. The van der Waals surface area contributed by atoms with Gasteiger partial charge >= 0.3 is 13.7 Å². The number of carbonyl (C=O) groups is 1. The summed E-state index contributed by atoms with van der Waals surface area (Å²) < 4.78 is 31.5. The maximum atomic E-state index is 13.6. The fraction of sp³-hybridized carbons (Fsp3) is 0.333. The number of fused-ring (bicyclic) bond motifs is 1. The molecule has 2 aromatic heterocycles. The van der Waals surface area contributed by atoms with Crippen LogP contribution in [0.5, 0.6) is 5.75 Å². The van der Waals surface area contributed by atoms with Gasteiger partial charge in [-0.3, -0.25) is 9.32 Å². The molecule has 14 heteroatoms. The van der Waals surface area contributed by atoms with E-state index >= 15 is 0 Å². The molecule has 3 N–H and O–H groups in total. The summed E-state index contributed by atoms with van der Waals surface area (Å²) in [5, 5.41) is 3.04. The van der Waals surface area contributed by atoms with Gasteiger partial charge in [0.1, 0.15) is 17.3 Å². The third-order valence-corrected chi connectivity index (χ3v) is 7.53. The largest absolute Gasteiger partial charge is 0.468 e. The molecule has 11 nitrogen and oxygen atoms in total. The Morgan fingerprint density at radius 2 is 2.09 bits per heavy atom. The van der Waals surface area contributed by atoms with Crippen molar-refractivity contribution in [3.63, 3.8) is 0 Å². The molecule has 0 saturated heterocycles. The molecule has 0 fully saturated rings. The number of carbonyl (C=O) groups excluding carboxylic acids is 1. The van der Waals surface area contributed by atoms with Crippen LogP contribution >= 0.6 is 30.9 Å². The lowest BCUT2D eigenvalue weighted by molar-refractivity contribution is -0.142. The number of ether oxygens (including phenoxy) is 1. The maximum absolute atomic E-state index is 13.6. The summed E-state index contributed by atoms with van der Waals surface area (Å²) in [5.74, 6) is -0.537. The summed E-state index contributed by atoms with van der Waals surface area (Å²) >= 11 is 12.3. The first-order valence-electron chi connectivity index (χ1n) is 10.6. The number of nitrogens with zero attached hydrogens (tertiary/aromatic N) is 4. The van der Waals surface area contributed by atoms with Crippen molar-refractivity contribution >= 4 is 54.0 Å². The highest BCUT2D eigenvalue weighted by Gasteiger charge is 2.34. The molecular formula is C21H23Cl2N6O5P. The van der Waals surface area contributed by atoms with Gasteiger partial charge in [-0.15, -0.1) is 0 Å². The average Bonchev–Trinajstić information content (AvgIpc) is 3.45. The SMILES string of the molecule is COC(=O)[C@H](C)NP(=O)(OC[C@@H]1C=C[C@H](n2cnc3c(Cl)nc(N)nc32)C1)Oc1ccccc1Cl. The molecule has 0 amide bonds. The average molecular weight is 541 g/mol. The minimum Gasteiger partial charge on any atom is -0.468 e. The Balaban J connectivity index is 1.47. The number of para-hydroxylation sites is 1. The molecule has 2 heterocycles. The van der Waals surface area contributed by atoms with Crippen molar-refractivity contribution in [2.24, 2.45) is 5.92 Å². The van der Waals surface area contributed by atoms with Crippen LogP contribution in [0.4, 0.5) is 5.95 Å². The van der Waals surface area contributed by atoms with E-state index in [0.717, 1.165) is 0 Å². The highest BCUT2D eigenvalue weighted by Crippen LogP contribution is 2.47. The summed E-state index contributed by atoms with van der Waals surface area (Å²) in [6.45, 7) is 1.53. The number of hydrogen-bond acceptors (Lipinski definition) is 9. The van der Waals surface area contributed by atoms with Gasteiger partial charge in [-0.2, -0.15) is 15.1 Å². The monoisotopic (exact) mass is 540 g/mol. The number of hydrogen-bond donors (Lipinski definition) is 2. The Bertz CT molecular complexity index is 1320. The normalized spacial score (nSPS) is 20.0. The van der Waals surface area contributed by atoms with Crippen LogP contribution in [-0.4, -0.2) is 45.2 Å². The minimum atomic E-state index is -4.02. The number of anilines is 1. The second-order valence-corrected chi connectivity index (χ2v) is 10.3. The molecule has 1 aromatic carbocycles. The molecular weight excluding hydrogens is 518 g/mol. The number of imidazole rings is 1. The van der Waals surface area contributed by atoms with E-state index < -0.39 is 19.8 Å². The van der Waals surface area contributed by atoms with Gasteiger partial charge in [0.25, 0.3) is 0 Å². The number of nitrogen functional groups attached to an aromatic ring is 1. The molecule has 186 valence electrons. The Labute approximate surface area is 211 Å². The summed E-state index contributed by atoms with van der Waals surface area (Å²) in [7, 11) is -2.79. The molecule has 0 radical (unpaired) electrons. The van der Waals surface area contributed by atoms with Crippen molar-refractivity contribution in [1.82, 2.24) is 24.6 Å². The number of nitrogens with one attached hydrogen (secondary N) is 1. The van der Waals surface area contributed by atoms with E-state index in [1.54, 1.807) is 30.6 Å². The summed E-state index contributed by atoms with van der Waals surface area (Å²) in [6, 6.07) is 5.47.